The zero-order valence-electron chi connectivity index (χ0n) is 6.79. The van der Waals surface area contributed by atoms with E-state index in [1.165, 1.54) is 0 Å². The lowest BCUT2D eigenvalue weighted by Gasteiger charge is -2.04. The smallest absolute Gasteiger partial charge is 0.260 e. The molecule has 1 rings (SSSR count). The van der Waals surface area contributed by atoms with E-state index >= 15 is 0 Å². The van der Waals surface area contributed by atoms with Crippen molar-refractivity contribution in [2.75, 3.05) is 14.2 Å². The summed E-state index contributed by atoms with van der Waals surface area (Å²) in [4.78, 5) is 7.95. The Labute approximate surface area is 65.2 Å². The minimum absolute atomic E-state index is 0.472. The van der Waals surface area contributed by atoms with Gasteiger partial charge in [0.2, 0.25) is 0 Å². The van der Waals surface area contributed by atoms with E-state index in [1.54, 1.807) is 27.3 Å². The molecule has 1 heterocycles. The van der Waals surface area contributed by atoms with Crippen LogP contribution >= 0.6 is 0 Å². The minimum Gasteiger partial charge on any atom is -0.490 e. The number of hydrogen-bond donors (Lipinski definition) is 0. The van der Waals surface area contributed by atoms with E-state index in [9.17, 15) is 0 Å². The third-order valence-corrected chi connectivity index (χ3v) is 1.26. The molecule has 0 fully saturated rings. The molecule has 0 spiro atoms. The average molecular weight is 154 g/mol. The molecule has 0 aliphatic heterocycles. The van der Waals surface area contributed by atoms with Gasteiger partial charge in [0, 0.05) is 0 Å². The van der Waals surface area contributed by atoms with Crippen LogP contribution < -0.4 is 9.47 Å². The second-order valence-electron chi connectivity index (χ2n) is 1.99. The Kier molecular flexibility index (Phi) is 2.25. The van der Waals surface area contributed by atoms with Crippen molar-refractivity contribution in [1.82, 2.24) is 9.97 Å². The molecule has 0 atom stereocenters. The largest absolute Gasteiger partial charge is 0.490 e. The van der Waals surface area contributed by atoms with Crippen molar-refractivity contribution < 1.29 is 9.47 Å². The fourth-order valence-electron chi connectivity index (χ4n) is 0.724. The van der Waals surface area contributed by atoms with Crippen molar-refractivity contribution >= 4 is 0 Å². The molecular formula is C7H10N2O2. The van der Waals surface area contributed by atoms with E-state index in [2.05, 4.69) is 9.97 Å². The van der Waals surface area contributed by atoms with Crippen LogP contribution in [0.5, 0.6) is 11.6 Å². The zero-order valence-corrected chi connectivity index (χ0v) is 6.79. The van der Waals surface area contributed by atoms with Crippen LogP contribution in [-0.4, -0.2) is 24.2 Å². The highest BCUT2D eigenvalue weighted by molar-refractivity contribution is 5.30. The average Bonchev–Trinajstić information content (AvgIpc) is 2.04. The van der Waals surface area contributed by atoms with Crippen LogP contribution in [-0.2, 0) is 0 Å². The predicted octanol–water partition coefficient (Wildman–Crippen LogP) is 0.802. The van der Waals surface area contributed by atoms with Crippen LogP contribution in [0.3, 0.4) is 0 Å². The van der Waals surface area contributed by atoms with Crippen LogP contribution in [0.25, 0.3) is 0 Å². The quantitative estimate of drug-likeness (QED) is 0.632. The van der Waals surface area contributed by atoms with E-state index in [0.717, 1.165) is 0 Å². The molecule has 0 amide bonds. The topological polar surface area (TPSA) is 44.2 Å². The molecule has 0 aliphatic carbocycles. The molecule has 4 heteroatoms. The minimum atomic E-state index is 0.472. The van der Waals surface area contributed by atoms with Gasteiger partial charge < -0.3 is 9.47 Å². The van der Waals surface area contributed by atoms with Gasteiger partial charge in [0.15, 0.2) is 5.75 Å². The van der Waals surface area contributed by atoms with Gasteiger partial charge in [-0.1, -0.05) is 0 Å². The second-order valence-corrected chi connectivity index (χ2v) is 1.99. The fraction of sp³-hybridized carbons (Fsp3) is 0.429. The molecular weight excluding hydrogens is 144 g/mol. The molecule has 0 unspecified atom stereocenters. The molecule has 0 bridgehead atoms. The van der Waals surface area contributed by atoms with Crippen molar-refractivity contribution in [2.45, 2.75) is 6.92 Å². The first kappa shape index (κ1) is 7.78. The number of aryl methyl sites for hydroxylation is 1. The van der Waals surface area contributed by atoms with Crippen LogP contribution in [0, 0.1) is 6.92 Å². The van der Waals surface area contributed by atoms with Crippen molar-refractivity contribution in [3.8, 4) is 11.6 Å². The summed E-state index contributed by atoms with van der Waals surface area (Å²) in [5.74, 6) is 1.70. The first-order valence-corrected chi connectivity index (χ1v) is 3.19. The Morgan fingerprint density at radius 1 is 1.27 bits per heavy atom. The lowest BCUT2D eigenvalue weighted by Crippen LogP contribution is -1.96. The molecule has 0 saturated carbocycles. The first-order valence-electron chi connectivity index (χ1n) is 3.19. The Hall–Kier alpha value is -1.32. The van der Waals surface area contributed by atoms with Crippen LogP contribution in [0.1, 0.15) is 5.82 Å². The summed E-state index contributed by atoms with van der Waals surface area (Å²) >= 11 is 0. The summed E-state index contributed by atoms with van der Waals surface area (Å²) in [6.07, 6.45) is 1.58. The van der Waals surface area contributed by atoms with Crippen LogP contribution in [0.2, 0.25) is 0 Å². The Morgan fingerprint density at radius 2 is 2.00 bits per heavy atom. The van der Waals surface area contributed by atoms with Crippen molar-refractivity contribution in [1.29, 1.82) is 0 Å². The summed E-state index contributed by atoms with van der Waals surface area (Å²) in [7, 11) is 3.10. The lowest BCUT2D eigenvalue weighted by atomic mass is 10.5. The Morgan fingerprint density at radius 3 is 2.55 bits per heavy atom. The van der Waals surface area contributed by atoms with Crippen LogP contribution in [0.4, 0.5) is 0 Å². The Bertz CT molecular complexity index is 250. The van der Waals surface area contributed by atoms with E-state index in [0.29, 0.717) is 17.5 Å². The van der Waals surface area contributed by atoms with Gasteiger partial charge in [-0.25, -0.2) is 4.98 Å². The summed E-state index contributed by atoms with van der Waals surface area (Å²) in [5.41, 5.74) is 0. The van der Waals surface area contributed by atoms with Gasteiger partial charge in [-0.3, -0.25) is 0 Å². The number of aromatic nitrogens is 2. The lowest BCUT2D eigenvalue weighted by molar-refractivity contribution is 0.339. The highest BCUT2D eigenvalue weighted by Crippen LogP contribution is 2.21. The van der Waals surface area contributed by atoms with Gasteiger partial charge in [-0.2, -0.15) is 4.98 Å². The highest BCUT2D eigenvalue weighted by atomic mass is 16.5. The maximum absolute atomic E-state index is 4.94. The van der Waals surface area contributed by atoms with Crippen molar-refractivity contribution in [3.63, 3.8) is 0 Å². The maximum Gasteiger partial charge on any atom is 0.260 e. The van der Waals surface area contributed by atoms with E-state index in [1.807, 2.05) is 0 Å². The second kappa shape index (κ2) is 3.18. The number of methoxy groups -OCH3 is 2. The molecule has 11 heavy (non-hydrogen) atoms. The summed E-state index contributed by atoms with van der Waals surface area (Å²) in [6.45, 7) is 1.79. The number of rotatable bonds is 2. The van der Waals surface area contributed by atoms with Gasteiger partial charge in [0.05, 0.1) is 20.4 Å². The maximum atomic E-state index is 4.94. The van der Waals surface area contributed by atoms with Crippen molar-refractivity contribution in [3.05, 3.63) is 12.0 Å². The molecule has 1 aromatic rings. The third-order valence-electron chi connectivity index (χ3n) is 1.26. The monoisotopic (exact) mass is 154 g/mol. The summed E-state index contributed by atoms with van der Waals surface area (Å²) in [6, 6.07) is 0. The van der Waals surface area contributed by atoms with Crippen LogP contribution in [0.15, 0.2) is 6.20 Å². The number of ether oxygens (including phenoxy) is 2. The molecule has 0 aromatic carbocycles. The van der Waals surface area contributed by atoms with E-state index < -0.39 is 0 Å². The van der Waals surface area contributed by atoms with Gasteiger partial charge in [0.1, 0.15) is 5.82 Å². The molecule has 0 radical (unpaired) electrons. The fourth-order valence-corrected chi connectivity index (χ4v) is 0.724. The van der Waals surface area contributed by atoms with E-state index in [-0.39, 0.29) is 0 Å². The Balaban J connectivity index is 3.06. The molecule has 1 aromatic heterocycles. The zero-order chi connectivity index (χ0) is 8.27. The van der Waals surface area contributed by atoms with E-state index in [4.69, 9.17) is 9.47 Å². The summed E-state index contributed by atoms with van der Waals surface area (Å²) in [5, 5.41) is 0. The molecule has 4 nitrogen and oxygen atoms in total. The van der Waals surface area contributed by atoms with Gasteiger partial charge in [0.25, 0.3) is 5.88 Å². The number of hydrogen-bond acceptors (Lipinski definition) is 4. The SMILES string of the molecule is COc1cnc(C)nc1OC. The molecule has 60 valence electrons. The van der Waals surface area contributed by atoms with Gasteiger partial charge in [-0.15, -0.1) is 0 Å². The summed E-state index contributed by atoms with van der Waals surface area (Å²) < 4.78 is 9.88. The van der Waals surface area contributed by atoms with Gasteiger partial charge in [-0.05, 0) is 6.92 Å². The molecule has 0 saturated heterocycles. The first-order chi connectivity index (χ1) is 5.27. The normalized spacial score (nSPS) is 9.36. The predicted molar refractivity (Wildman–Crippen MR) is 39.9 cm³/mol. The third kappa shape index (κ3) is 1.58. The molecule has 0 N–H and O–H groups in total. The van der Waals surface area contributed by atoms with Crippen molar-refractivity contribution in [2.24, 2.45) is 0 Å². The highest BCUT2D eigenvalue weighted by Gasteiger charge is 2.03. The standard InChI is InChI=1S/C7H10N2O2/c1-5-8-4-6(10-2)7(9-5)11-3/h4H,1-3H3. The van der Waals surface area contributed by atoms with Gasteiger partial charge >= 0.3 is 0 Å². The number of nitrogens with zero attached hydrogens (tertiary/aromatic N) is 2. The molecule has 0 aliphatic rings.